The summed E-state index contributed by atoms with van der Waals surface area (Å²) in [7, 11) is 0. The van der Waals surface area contributed by atoms with Gasteiger partial charge >= 0.3 is 11.9 Å². The summed E-state index contributed by atoms with van der Waals surface area (Å²) in [6, 6.07) is 12.2. The summed E-state index contributed by atoms with van der Waals surface area (Å²) in [4.78, 5) is 23.5. The zero-order valence-corrected chi connectivity index (χ0v) is 15.5. The number of esters is 2. The second-order valence-corrected chi connectivity index (χ2v) is 5.81. The highest BCUT2D eigenvalue weighted by Crippen LogP contribution is 2.23. The number of carbonyl (C=O) groups excluding carboxylic acids is 2. The average molecular weight is 377 g/mol. The van der Waals surface area contributed by atoms with Crippen molar-refractivity contribution in [1.82, 2.24) is 0 Å². The minimum atomic E-state index is -0.432. The van der Waals surface area contributed by atoms with Crippen LogP contribution in [0, 0.1) is 0 Å². The van der Waals surface area contributed by atoms with Gasteiger partial charge in [0.15, 0.2) is 0 Å². The van der Waals surface area contributed by atoms with Crippen LogP contribution in [0.5, 0.6) is 5.75 Å². The summed E-state index contributed by atoms with van der Waals surface area (Å²) in [6.45, 7) is 4.30. The summed E-state index contributed by atoms with van der Waals surface area (Å²) < 4.78 is 15.7. The van der Waals surface area contributed by atoms with Crippen molar-refractivity contribution in [1.29, 1.82) is 0 Å². The fourth-order valence-corrected chi connectivity index (χ4v) is 2.57. The van der Waals surface area contributed by atoms with Crippen molar-refractivity contribution in [2.45, 2.75) is 26.9 Å². The SMILES string of the molecule is CCOC(=O)Cc1ccc(OCc2c(Cl)cccc2C(=O)OCC)cc1. The molecule has 0 aliphatic heterocycles. The van der Waals surface area contributed by atoms with E-state index in [1.807, 2.05) is 0 Å². The lowest BCUT2D eigenvalue weighted by Gasteiger charge is -2.12. The predicted molar refractivity (Wildman–Crippen MR) is 98.5 cm³/mol. The van der Waals surface area contributed by atoms with E-state index in [1.165, 1.54) is 0 Å². The fourth-order valence-electron chi connectivity index (χ4n) is 2.34. The largest absolute Gasteiger partial charge is 0.489 e. The van der Waals surface area contributed by atoms with Crippen molar-refractivity contribution < 1.29 is 23.8 Å². The molecule has 0 atom stereocenters. The molecule has 0 saturated carbocycles. The third-order valence-electron chi connectivity index (χ3n) is 3.57. The van der Waals surface area contributed by atoms with E-state index in [9.17, 15) is 9.59 Å². The standard InChI is InChI=1S/C20H21ClO5/c1-3-24-19(22)12-14-8-10-15(11-9-14)26-13-17-16(20(23)25-4-2)6-5-7-18(17)21/h5-11H,3-4,12-13H2,1-2H3. The van der Waals surface area contributed by atoms with Gasteiger partial charge in [-0.1, -0.05) is 29.8 Å². The molecule has 0 saturated heterocycles. The molecular formula is C20H21ClO5. The van der Waals surface area contributed by atoms with E-state index in [1.54, 1.807) is 56.3 Å². The molecule has 0 spiro atoms. The molecule has 0 N–H and O–H groups in total. The molecule has 0 unspecified atom stereocenters. The molecule has 5 nitrogen and oxygen atoms in total. The van der Waals surface area contributed by atoms with Gasteiger partial charge in [-0.25, -0.2) is 4.79 Å². The minimum absolute atomic E-state index is 0.130. The number of rotatable bonds is 8. The maximum atomic E-state index is 12.0. The van der Waals surface area contributed by atoms with Crippen molar-refractivity contribution in [2.75, 3.05) is 13.2 Å². The van der Waals surface area contributed by atoms with Crippen molar-refractivity contribution >= 4 is 23.5 Å². The molecule has 0 radical (unpaired) electrons. The Kier molecular flexibility index (Phi) is 7.48. The van der Waals surface area contributed by atoms with Gasteiger partial charge in [0.2, 0.25) is 0 Å². The second-order valence-electron chi connectivity index (χ2n) is 5.40. The van der Waals surface area contributed by atoms with Crippen LogP contribution in [0.3, 0.4) is 0 Å². The number of hydrogen-bond acceptors (Lipinski definition) is 5. The highest BCUT2D eigenvalue weighted by atomic mass is 35.5. The molecule has 2 aromatic carbocycles. The number of ether oxygens (including phenoxy) is 3. The summed E-state index contributed by atoms with van der Waals surface area (Å²) in [5, 5.41) is 0.439. The van der Waals surface area contributed by atoms with Gasteiger partial charge in [-0.05, 0) is 43.7 Å². The lowest BCUT2D eigenvalue weighted by molar-refractivity contribution is -0.142. The number of benzene rings is 2. The third-order valence-corrected chi connectivity index (χ3v) is 3.93. The van der Waals surface area contributed by atoms with Crippen LogP contribution in [0.25, 0.3) is 0 Å². The maximum Gasteiger partial charge on any atom is 0.338 e. The Balaban J connectivity index is 2.05. The Labute approximate surface area is 157 Å². The fraction of sp³-hybridized carbons (Fsp3) is 0.300. The van der Waals surface area contributed by atoms with Crippen molar-refractivity contribution in [3.8, 4) is 5.75 Å². The van der Waals surface area contributed by atoms with E-state index in [4.69, 9.17) is 25.8 Å². The molecule has 0 heterocycles. The molecule has 0 amide bonds. The first kappa shape index (κ1) is 19.8. The lowest BCUT2D eigenvalue weighted by Crippen LogP contribution is -2.10. The van der Waals surface area contributed by atoms with Crippen LogP contribution in [0.15, 0.2) is 42.5 Å². The van der Waals surface area contributed by atoms with E-state index in [0.717, 1.165) is 5.56 Å². The number of carbonyl (C=O) groups is 2. The quantitative estimate of drug-likeness (QED) is 0.646. The lowest BCUT2D eigenvalue weighted by atomic mass is 10.1. The zero-order chi connectivity index (χ0) is 18.9. The molecule has 0 aromatic heterocycles. The zero-order valence-electron chi connectivity index (χ0n) is 14.8. The number of hydrogen-bond donors (Lipinski definition) is 0. The third kappa shape index (κ3) is 5.49. The van der Waals surface area contributed by atoms with Crippen LogP contribution < -0.4 is 4.74 Å². The Morgan fingerprint density at radius 1 is 0.962 bits per heavy atom. The maximum absolute atomic E-state index is 12.0. The molecule has 0 aliphatic carbocycles. The van der Waals surface area contributed by atoms with Gasteiger partial charge in [0.1, 0.15) is 12.4 Å². The summed E-state index contributed by atoms with van der Waals surface area (Å²) in [5.41, 5.74) is 1.79. The van der Waals surface area contributed by atoms with Crippen LogP contribution in [0.2, 0.25) is 5.02 Å². The molecule has 2 rings (SSSR count). The summed E-state index contributed by atoms with van der Waals surface area (Å²) >= 11 is 6.21. The average Bonchev–Trinajstić information content (AvgIpc) is 2.62. The van der Waals surface area contributed by atoms with Gasteiger partial charge < -0.3 is 14.2 Å². The van der Waals surface area contributed by atoms with E-state index in [2.05, 4.69) is 0 Å². The highest BCUT2D eigenvalue weighted by molar-refractivity contribution is 6.31. The minimum Gasteiger partial charge on any atom is -0.489 e. The smallest absolute Gasteiger partial charge is 0.338 e. The Morgan fingerprint density at radius 2 is 1.65 bits per heavy atom. The van der Waals surface area contributed by atoms with Gasteiger partial charge in [-0.2, -0.15) is 0 Å². The molecule has 2 aromatic rings. The van der Waals surface area contributed by atoms with Gasteiger partial charge in [0.25, 0.3) is 0 Å². The van der Waals surface area contributed by atoms with Crippen LogP contribution in [0.1, 0.15) is 35.3 Å². The first-order chi connectivity index (χ1) is 12.5. The Hall–Kier alpha value is -2.53. The molecule has 0 aliphatic rings. The van der Waals surface area contributed by atoms with E-state index < -0.39 is 5.97 Å². The van der Waals surface area contributed by atoms with Crippen molar-refractivity contribution in [3.63, 3.8) is 0 Å². The van der Waals surface area contributed by atoms with Crippen molar-refractivity contribution in [3.05, 3.63) is 64.2 Å². The second kappa shape index (κ2) is 9.82. The van der Waals surface area contributed by atoms with Crippen LogP contribution in [-0.4, -0.2) is 25.2 Å². The van der Waals surface area contributed by atoms with Gasteiger partial charge in [-0.3, -0.25) is 4.79 Å². The Bertz CT molecular complexity index is 755. The molecule has 0 fully saturated rings. The van der Waals surface area contributed by atoms with Crippen LogP contribution >= 0.6 is 11.6 Å². The topological polar surface area (TPSA) is 61.8 Å². The molecule has 26 heavy (non-hydrogen) atoms. The molecular weight excluding hydrogens is 356 g/mol. The Morgan fingerprint density at radius 3 is 2.31 bits per heavy atom. The monoisotopic (exact) mass is 376 g/mol. The van der Waals surface area contributed by atoms with E-state index >= 15 is 0 Å². The number of halogens is 1. The summed E-state index contributed by atoms with van der Waals surface area (Å²) in [6.07, 6.45) is 0.214. The normalized spacial score (nSPS) is 10.3. The van der Waals surface area contributed by atoms with Crippen LogP contribution in [-0.2, 0) is 27.3 Å². The highest BCUT2D eigenvalue weighted by Gasteiger charge is 2.15. The molecule has 6 heteroatoms. The summed E-state index contributed by atoms with van der Waals surface area (Å²) in [5.74, 6) is -0.0953. The first-order valence-electron chi connectivity index (χ1n) is 8.37. The first-order valence-corrected chi connectivity index (χ1v) is 8.74. The molecule has 138 valence electrons. The van der Waals surface area contributed by atoms with E-state index in [-0.39, 0.29) is 25.6 Å². The van der Waals surface area contributed by atoms with Gasteiger partial charge in [0.05, 0.1) is 25.2 Å². The van der Waals surface area contributed by atoms with E-state index in [0.29, 0.717) is 28.5 Å². The molecule has 0 bridgehead atoms. The predicted octanol–water partition coefficient (Wildman–Crippen LogP) is 4.20. The van der Waals surface area contributed by atoms with Crippen molar-refractivity contribution in [2.24, 2.45) is 0 Å². The van der Waals surface area contributed by atoms with Crippen LogP contribution in [0.4, 0.5) is 0 Å². The van der Waals surface area contributed by atoms with Gasteiger partial charge in [0, 0.05) is 10.6 Å². The van der Waals surface area contributed by atoms with Gasteiger partial charge in [-0.15, -0.1) is 0 Å².